The molecule has 2 N–H and O–H groups in total. The van der Waals surface area contributed by atoms with Crippen LogP contribution in [0.3, 0.4) is 0 Å². The van der Waals surface area contributed by atoms with E-state index in [9.17, 15) is 9.59 Å². The monoisotopic (exact) mass is 430 g/mol. The van der Waals surface area contributed by atoms with Crippen LogP contribution in [0.5, 0.6) is 11.5 Å². The molecule has 0 radical (unpaired) electrons. The molecular weight excluding hydrogens is 404 g/mol. The van der Waals surface area contributed by atoms with Crippen LogP contribution in [-0.4, -0.2) is 25.0 Å². The van der Waals surface area contributed by atoms with Gasteiger partial charge >= 0.3 is 0 Å². The summed E-state index contributed by atoms with van der Waals surface area (Å²) in [6.45, 7) is 3.20. The largest absolute Gasteiger partial charge is 0.490 e. The van der Waals surface area contributed by atoms with Crippen molar-refractivity contribution >= 4 is 23.2 Å². The van der Waals surface area contributed by atoms with Crippen LogP contribution in [-0.2, 0) is 11.2 Å². The predicted molar refractivity (Wildman–Crippen MR) is 125 cm³/mol. The zero-order chi connectivity index (χ0) is 22.3. The van der Waals surface area contributed by atoms with Crippen LogP contribution in [0.1, 0.15) is 34.3 Å². The number of fused-ring (bicyclic) bond motifs is 1. The quantitative estimate of drug-likeness (QED) is 0.578. The first-order valence-electron chi connectivity index (χ1n) is 10.7. The minimum absolute atomic E-state index is 0.0910. The van der Waals surface area contributed by atoms with Gasteiger partial charge in [-0.25, -0.2) is 0 Å². The number of carbonyl (C=O) groups excluding carboxylic acids is 2. The van der Waals surface area contributed by atoms with Gasteiger partial charge in [0.05, 0.1) is 13.2 Å². The minimum Gasteiger partial charge on any atom is -0.490 e. The van der Waals surface area contributed by atoms with Crippen molar-refractivity contribution < 1.29 is 19.1 Å². The summed E-state index contributed by atoms with van der Waals surface area (Å²) in [5, 5.41) is 5.84. The van der Waals surface area contributed by atoms with E-state index in [0.29, 0.717) is 43.0 Å². The number of carbonyl (C=O) groups is 2. The third kappa shape index (κ3) is 5.46. The van der Waals surface area contributed by atoms with Crippen molar-refractivity contribution in [2.24, 2.45) is 0 Å². The number of rotatable bonds is 6. The minimum atomic E-state index is -0.193. The summed E-state index contributed by atoms with van der Waals surface area (Å²) >= 11 is 0. The van der Waals surface area contributed by atoms with Crippen molar-refractivity contribution in [3.8, 4) is 11.5 Å². The molecule has 0 bridgehead atoms. The smallest absolute Gasteiger partial charge is 0.255 e. The Bertz CT molecular complexity index is 1110. The molecule has 6 heteroatoms. The summed E-state index contributed by atoms with van der Waals surface area (Å²) in [6.07, 6.45) is 1.78. The van der Waals surface area contributed by atoms with E-state index in [4.69, 9.17) is 9.47 Å². The lowest BCUT2D eigenvalue weighted by Gasteiger charge is -2.12. The fraction of sp³-hybridized carbons (Fsp3) is 0.231. The Balaban J connectivity index is 1.36. The molecule has 0 saturated heterocycles. The zero-order valence-corrected chi connectivity index (χ0v) is 18.0. The van der Waals surface area contributed by atoms with Crippen molar-refractivity contribution in [2.75, 3.05) is 23.8 Å². The van der Waals surface area contributed by atoms with E-state index < -0.39 is 0 Å². The Kier molecular flexibility index (Phi) is 6.70. The summed E-state index contributed by atoms with van der Waals surface area (Å²) in [5.74, 6) is 1.20. The molecule has 3 aromatic rings. The number of benzene rings is 3. The summed E-state index contributed by atoms with van der Waals surface area (Å²) in [7, 11) is 0. The van der Waals surface area contributed by atoms with Crippen LogP contribution in [0.2, 0.25) is 0 Å². The first-order chi connectivity index (χ1) is 15.6. The van der Waals surface area contributed by atoms with E-state index >= 15 is 0 Å². The van der Waals surface area contributed by atoms with E-state index in [1.165, 1.54) is 0 Å². The molecule has 0 aliphatic carbocycles. The number of hydrogen-bond acceptors (Lipinski definition) is 4. The topological polar surface area (TPSA) is 76.7 Å². The molecule has 0 saturated carbocycles. The Morgan fingerprint density at radius 3 is 2.47 bits per heavy atom. The molecule has 1 heterocycles. The van der Waals surface area contributed by atoms with Gasteiger partial charge in [0.25, 0.3) is 5.91 Å². The van der Waals surface area contributed by atoms with E-state index in [0.717, 1.165) is 29.0 Å². The molecule has 6 nitrogen and oxygen atoms in total. The Labute approximate surface area is 187 Å². The fourth-order valence-electron chi connectivity index (χ4n) is 3.46. The van der Waals surface area contributed by atoms with Gasteiger partial charge in [-0.2, -0.15) is 0 Å². The van der Waals surface area contributed by atoms with Crippen LogP contribution < -0.4 is 20.1 Å². The summed E-state index contributed by atoms with van der Waals surface area (Å²) in [5.41, 5.74) is 3.83. The second-order valence-electron chi connectivity index (χ2n) is 7.73. The average Bonchev–Trinajstić information content (AvgIpc) is 3.05. The number of anilines is 2. The van der Waals surface area contributed by atoms with Gasteiger partial charge in [0.2, 0.25) is 5.91 Å². The maximum Gasteiger partial charge on any atom is 0.255 e. The van der Waals surface area contributed by atoms with Gasteiger partial charge in [-0.05, 0) is 60.9 Å². The molecule has 0 atom stereocenters. The van der Waals surface area contributed by atoms with Gasteiger partial charge in [0, 0.05) is 29.8 Å². The molecule has 0 unspecified atom stereocenters. The van der Waals surface area contributed by atoms with Gasteiger partial charge < -0.3 is 20.1 Å². The highest BCUT2D eigenvalue weighted by molar-refractivity contribution is 6.04. The van der Waals surface area contributed by atoms with Crippen LogP contribution in [0.15, 0.2) is 66.7 Å². The van der Waals surface area contributed by atoms with Crippen LogP contribution >= 0.6 is 0 Å². The highest BCUT2D eigenvalue weighted by Gasteiger charge is 2.13. The molecule has 3 aromatic carbocycles. The normalized spacial score (nSPS) is 12.5. The van der Waals surface area contributed by atoms with E-state index in [1.54, 1.807) is 18.2 Å². The van der Waals surface area contributed by atoms with Gasteiger partial charge in [-0.15, -0.1) is 0 Å². The first-order valence-corrected chi connectivity index (χ1v) is 10.7. The fourth-order valence-corrected chi connectivity index (χ4v) is 3.46. The average molecular weight is 431 g/mol. The number of ether oxygens (including phenoxy) is 2. The molecule has 0 aromatic heterocycles. The molecule has 1 aliphatic rings. The van der Waals surface area contributed by atoms with Crippen molar-refractivity contribution in [3.05, 3.63) is 83.4 Å². The maximum atomic E-state index is 12.6. The van der Waals surface area contributed by atoms with Crippen molar-refractivity contribution in [3.63, 3.8) is 0 Å². The lowest BCUT2D eigenvalue weighted by molar-refractivity contribution is -0.116. The predicted octanol–water partition coefficient (Wildman–Crippen LogP) is 4.98. The van der Waals surface area contributed by atoms with Gasteiger partial charge in [0.15, 0.2) is 11.5 Å². The standard InChI is InChI=1S/C26H26N2O4/c1-18-8-11-21(27-26(30)20-6-3-2-4-7-20)17-22(18)28-25(29)13-10-19-9-12-23-24(16-19)32-15-5-14-31-23/h2-4,6-9,11-12,16-17H,5,10,13-15H2,1H3,(H,27,30)(H,28,29). The summed E-state index contributed by atoms with van der Waals surface area (Å²) in [4.78, 5) is 25.0. The number of aryl methyl sites for hydroxylation is 2. The molecule has 1 aliphatic heterocycles. The van der Waals surface area contributed by atoms with Crippen LogP contribution in [0.25, 0.3) is 0 Å². The Morgan fingerprint density at radius 1 is 0.875 bits per heavy atom. The third-order valence-electron chi connectivity index (χ3n) is 5.26. The van der Waals surface area contributed by atoms with Crippen molar-refractivity contribution in [2.45, 2.75) is 26.2 Å². The maximum absolute atomic E-state index is 12.6. The Morgan fingerprint density at radius 2 is 1.66 bits per heavy atom. The third-order valence-corrected chi connectivity index (χ3v) is 5.26. The molecule has 164 valence electrons. The molecule has 0 fully saturated rings. The second-order valence-corrected chi connectivity index (χ2v) is 7.73. The highest BCUT2D eigenvalue weighted by Crippen LogP contribution is 2.31. The first kappa shape index (κ1) is 21.4. The summed E-state index contributed by atoms with van der Waals surface area (Å²) in [6, 6.07) is 20.3. The van der Waals surface area contributed by atoms with E-state index in [-0.39, 0.29) is 11.8 Å². The zero-order valence-electron chi connectivity index (χ0n) is 18.0. The number of amides is 2. The van der Waals surface area contributed by atoms with Gasteiger partial charge in [-0.1, -0.05) is 30.3 Å². The number of hydrogen-bond donors (Lipinski definition) is 2. The Hall–Kier alpha value is -3.80. The SMILES string of the molecule is Cc1ccc(NC(=O)c2ccccc2)cc1NC(=O)CCc1ccc2c(c1)OCCCO2. The van der Waals surface area contributed by atoms with Gasteiger partial charge in [-0.3, -0.25) is 9.59 Å². The molecule has 32 heavy (non-hydrogen) atoms. The highest BCUT2D eigenvalue weighted by atomic mass is 16.5. The van der Waals surface area contributed by atoms with Crippen LogP contribution in [0, 0.1) is 6.92 Å². The van der Waals surface area contributed by atoms with Crippen molar-refractivity contribution in [1.82, 2.24) is 0 Å². The second kappa shape index (κ2) is 10.0. The summed E-state index contributed by atoms with van der Waals surface area (Å²) < 4.78 is 11.4. The van der Waals surface area contributed by atoms with Crippen LogP contribution in [0.4, 0.5) is 11.4 Å². The lowest BCUT2D eigenvalue weighted by atomic mass is 10.1. The van der Waals surface area contributed by atoms with Crippen molar-refractivity contribution in [1.29, 1.82) is 0 Å². The van der Waals surface area contributed by atoms with E-state index in [1.807, 2.05) is 55.5 Å². The lowest BCUT2D eigenvalue weighted by Crippen LogP contribution is -2.15. The molecule has 4 rings (SSSR count). The molecule has 0 spiro atoms. The number of nitrogens with one attached hydrogen (secondary N) is 2. The molecule has 2 amide bonds. The van der Waals surface area contributed by atoms with E-state index in [2.05, 4.69) is 10.6 Å². The molecular formula is C26H26N2O4. The van der Waals surface area contributed by atoms with Gasteiger partial charge in [0.1, 0.15) is 0 Å².